The number of hydrogen-bond donors (Lipinski definition) is 3. The minimum absolute atomic E-state index is 0.717. The van der Waals surface area contributed by atoms with E-state index in [0.29, 0.717) is 0 Å². The summed E-state index contributed by atoms with van der Waals surface area (Å²) in [6.07, 6.45) is 2.11. The zero-order chi connectivity index (χ0) is 23.8. The van der Waals surface area contributed by atoms with Crippen LogP contribution < -0.4 is 17.0 Å². The van der Waals surface area contributed by atoms with Crippen LogP contribution in [-0.2, 0) is 0 Å². The van der Waals surface area contributed by atoms with Crippen LogP contribution in [0.4, 0.5) is 5.69 Å². The van der Waals surface area contributed by atoms with Crippen LogP contribution in [0.25, 0.3) is 55.2 Å². The molecule has 0 saturated heterocycles. The van der Waals surface area contributed by atoms with Gasteiger partial charge in [-0.15, -0.1) is 0 Å². The molecule has 0 heterocycles. The average molecular weight is 452 g/mol. The molecule has 0 bridgehead atoms. The standard InChI is InChI=1S/C32H25N3/c33-29(22-11-2-1-3-12-22)20-28-25-15-7-6-14-24(25)26-19-18-21-10-4-5-13-23(21)31(26)32(28)27-16-8-9-17-30(27)35-34/h1-20,35H,33-34H2/b29-20-. The van der Waals surface area contributed by atoms with Gasteiger partial charge in [-0.1, -0.05) is 109 Å². The Kier molecular flexibility index (Phi) is 5.17. The highest BCUT2D eigenvalue weighted by Crippen LogP contribution is 2.45. The minimum Gasteiger partial charge on any atom is -0.398 e. The van der Waals surface area contributed by atoms with Gasteiger partial charge < -0.3 is 11.2 Å². The Morgan fingerprint density at radius 1 is 0.600 bits per heavy atom. The molecule has 3 nitrogen and oxygen atoms in total. The lowest BCUT2D eigenvalue weighted by molar-refractivity contribution is 1.35. The third-order valence-corrected chi connectivity index (χ3v) is 6.71. The van der Waals surface area contributed by atoms with E-state index in [1.165, 1.54) is 26.9 Å². The molecule has 6 aromatic rings. The van der Waals surface area contributed by atoms with Crippen molar-refractivity contribution >= 4 is 49.8 Å². The molecule has 0 aromatic heterocycles. The lowest BCUT2D eigenvalue weighted by atomic mass is 9.84. The maximum atomic E-state index is 6.71. The zero-order valence-corrected chi connectivity index (χ0v) is 19.2. The van der Waals surface area contributed by atoms with Gasteiger partial charge in [0.1, 0.15) is 0 Å². The predicted octanol–water partition coefficient (Wildman–Crippen LogP) is 7.56. The van der Waals surface area contributed by atoms with Crippen molar-refractivity contribution in [2.24, 2.45) is 11.6 Å². The van der Waals surface area contributed by atoms with Crippen LogP contribution in [0.15, 0.2) is 115 Å². The quantitative estimate of drug-likeness (QED) is 0.112. The number of rotatable bonds is 4. The number of nitrogens with two attached hydrogens (primary N) is 2. The number of anilines is 1. The summed E-state index contributed by atoms with van der Waals surface area (Å²) < 4.78 is 0. The third-order valence-electron chi connectivity index (χ3n) is 6.71. The molecule has 0 atom stereocenters. The lowest BCUT2D eigenvalue weighted by Gasteiger charge is -2.20. The SMILES string of the molecule is NNc1ccccc1-c1c(/C=C(\N)c2ccccc2)c2ccccc2c2ccc3ccccc3c12. The minimum atomic E-state index is 0.717. The molecule has 0 aliphatic heterocycles. The highest BCUT2D eigenvalue weighted by Gasteiger charge is 2.19. The Bertz CT molecular complexity index is 1730. The van der Waals surface area contributed by atoms with Crippen LogP contribution in [-0.4, -0.2) is 0 Å². The van der Waals surface area contributed by atoms with E-state index in [4.69, 9.17) is 11.6 Å². The first-order valence-electron chi connectivity index (χ1n) is 11.7. The van der Waals surface area contributed by atoms with Crippen molar-refractivity contribution < 1.29 is 0 Å². The number of nitrogens with one attached hydrogen (secondary N) is 1. The van der Waals surface area contributed by atoms with Crippen LogP contribution in [0.3, 0.4) is 0 Å². The zero-order valence-electron chi connectivity index (χ0n) is 19.2. The number of para-hydroxylation sites is 1. The van der Waals surface area contributed by atoms with Gasteiger partial charge >= 0.3 is 0 Å². The Morgan fingerprint density at radius 2 is 1.26 bits per heavy atom. The van der Waals surface area contributed by atoms with Crippen LogP contribution >= 0.6 is 0 Å². The first-order valence-corrected chi connectivity index (χ1v) is 11.7. The summed E-state index contributed by atoms with van der Waals surface area (Å²) in [5, 5.41) is 7.14. The van der Waals surface area contributed by atoms with Crippen molar-refractivity contribution in [3.63, 3.8) is 0 Å². The summed E-state index contributed by atoms with van der Waals surface area (Å²) >= 11 is 0. The topological polar surface area (TPSA) is 64.1 Å². The summed E-state index contributed by atoms with van der Waals surface area (Å²) in [4.78, 5) is 0. The van der Waals surface area contributed by atoms with Crippen LogP contribution in [0.5, 0.6) is 0 Å². The third kappa shape index (κ3) is 3.50. The van der Waals surface area contributed by atoms with Gasteiger partial charge in [-0.05, 0) is 55.6 Å². The number of hydrazine groups is 1. The molecule has 0 amide bonds. The van der Waals surface area contributed by atoms with Gasteiger partial charge in [0, 0.05) is 16.8 Å². The number of hydrogen-bond acceptors (Lipinski definition) is 3. The molecule has 0 radical (unpaired) electrons. The van der Waals surface area contributed by atoms with Gasteiger partial charge in [-0.25, -0.2) is 0 Å². The van der Waals surface area contributed by atoms with Crippen molar-refractivity contribution in [1.82, 2.24) is 0 Å². The molecule has 3 heteroatoms. The van der Waals surface area contributed by atoms with Crippen LogP contribution in [0.1, 0.15) is 11.1 Å². The normalized spacial score (nSPS) is 11.9. The summed E-state index contributed by atoms with van der Waals surface area (Å²) in [6, 6.07) is 39.8. The summed E-state index contributed by atoms with van der Waals surface area (Å²) in [6.45, 7) is 0. The summed E-state index contributed by atoms with van der Waals surface area (Å²) in [5.41, 5.74) is 15.4. The van der Waals surface area contributed by atoms with Crippen LogP contribution in [0, 0.1) is 0 Å². The molecule has 0 spiro atoms. The van der Waals surface area contributed by atoms with Gasteiger partial charge in [0.15, 0.2) is 0 Å². The average Bonchev–Trinajstić information content (AvgIpc) is 2.93. The van der Waals surface area contributed by atoms with E-state index in [1.807, 2.05) is 42.5 Å². The van der Waals surface area contributed by atoms with Crippen molar-refractivity contribution in [2.75, 3.05) is 5.43 Å². The van der Waals surface area contributed by atoms with E-state index in [2.05, 4.69) is 84.3 Å². The van der Waals surface area contributed by atoms with E-state index in [1.54, 1.807) is 0 Å². The molecule has 0 aliphatic carbocycles. The molecule has 6 aromatic carbocycles. The lowest BCUT2D eigenvalue weighted by Crippen LogP contribution is -2.08. The van der Waals surface area contributed by atoms with E-state index >= 15 is 0 Å². The van der Waals surface area contributed by atoms with Crippen molar-refractivity contribution in [3.05, 3.63) is 126 Å². The van der Waals surface area contributed by atoms with Crippen LogP contribution in [0.2, 0.25) is 0 Å². The molecule has 0 unspecified atom stereocenters. The number of fused-ring (bicyclic) bond motifs is 5. The molecule has 35 heavy (non-hydrogen) atoms. The molecule has 168 valence electrons. The highest BCUT2D eigenvalue weighted by molar-refractivity contribution is 6.26. The summed E-state index contributed by atoms with van der Waals surface area (Å²) in [7, 11) is 0. The molecule has 6 rings (SSSR count). The molecule has 5 N–H and O–H groups in total. The first kappa shape index (κ1) is 21.0. The van der Waals surface area contributed by atoms with E-state index < -0.39 is 0 Å². The Balaban J connectivity index is 1.86. The molecular formula is C32H25N3. The Labute approximate surface area is 204 Å². The Morgan fingerprint density at radius 3 is 2.06 bits per heavy atom. The van der Waals surface area contributed by atoms with Gasteiger partial charge in [0.05, 0.1) is 5.69 Å². The molecule has 0 saturated carbocycles. The monoisotopic (exact) mass is 451 g/mol. The predicted molar refractivity (Wildman–Crippen MR) is 151 cm³/mol. The smallest absolute Gasteiger partial charge is 0.0563 e. The summed E-state index contributed by atoms with van der Waals surface area (Å²) in [5.74, 6) is 6.01. The van der Waals surface area contributed by atoms with Gasteiger partial charge in [0.2, 0.25) is 0 Å². The largest absolute Gasteiger partial charge is 0.398 e. The number of nitrogen functional groups attached to an aromatic ring is 1. The Hall–Kier alpha value is -4.60. The second kappa shape index (κ2) is 8.64. The number of benzene rings is 6. The molecule has 0 fully saturated rings. The highest BCUT2D eigenvalue weighted by atomic mass is 15.2. The van der Waals surface area contributed by atoms with Gasteiger partial charge in [0.25, 0.3) is 0 Å². The second-order valence-electron chi connectivity index (χ2n) is 8.70. The van der Waals surface area contributed by atoms with Crippen molar-refractivity contribution in [2.45, 2.75) is 0 Å². The van der Waals surface area contributed by atoms with Gasteiger partial charge in [-0.3, -0.25) is 5.84 Å². The van der Waals surface area contributed by atoms with Gasteiger partial charge in [-0.2, -0.15) is 0 Å². The maximum absolute atomic E-state index is 6.71. The fraction of sp³-hybridized carbons (Fsp3) is 0. The fourth-order valence-electron chi connectivity index (χ4n) is 5.11. The van der Waals surface area contributed by atoms with Crippen molar-refractivity contribution in [1.29, 1.82) is 0 Å². The second-order valence-corrected chi connectivity index (χ2v) is 8.70. The van der Waals surface area contributed by atoms with E-state index in [0.717, 1.165) is 39.0 Å². The van der Waals surface area contributed by atoms with E-state index in [9.17, 15) is 0 Å². The maximum Gasteiger partial charge on any atom is 0.0563 e. The molecule has 0 aliphatic rings. The van der Waals surface area contributed by atoms with Crippen molar-refractivity contribution in [3.8, 4) is 11.1 Å². The molecular weight excluding hydrogens is 426 g/mol. The fourth-order valence-corrected chi connectivity index (χ4v) is 5.11. The van der Waals surface area contributed by atoms with E-state index in [-0.39, 0.29) is 0 Å². The first-order chi connectivity index (χ1) is 17.3.